The molecule has 2 rings (SSSR count). The maximum atomic E-state index is 12.7. The van der Waals surface area contributed by atoms with Crippen molar-refractivity contribution in [3.05, 3.63) is 35.5 Å². The van der Waals surface area contributed by atoms with E-state index in [9.17, 15) is 18.0 Å². The van der Waals surface area contributed by atoms with E-state index in [0.29, 0.717) is 22.9 Å². The Hall–Kier alpha value is -1.98. The van der Waals surface area contributed by atoms with E-state index in [1.54, 1.807) is 18.2 Å². The zero-order chi connectivity index (χ0) is 14.2. The minimum atomic E-state index is -4.39. The van der Waals surface area contributed by atoms with Crippen LogP contribution in [0.5, 0.6) is 0 Å². The lowest BCUT2D eigenvalue weighted by Gasteiger charge is -2.08. The zero-order valence-electron chi connectivity index (χ0n) is 10.2. The Labute approximate surface area is 107 Å². The summed E-state index contributed by atoms with van der Waals surface area (Å²) in [4.78, 5) is 10.5. The van der Waals surface area contributed by atoms with Crippen LogP contribution in [-0.2, 0) is 24.4 Å². The number of aliphatic carboxylic acids is 1. The molecule has 0 amide bonds. The predicted octanol–water partition coefficient (Wildman–Crippen LogP) is 3.21. The Morgan fingerprint density at radius 1 is 1.32 bits per heavy atom. The second-order valence-electron chi connectivity index (χ2n) is 4.37. The van der Waals surface area contributed by atoms with Gasteiger partial charge in [-0.05, 0) is 24.1 Å². The molecular weight excluding hydrogens is 259 g/mol. The van der Waals surface area contributed by atoms with Crippen molar-refractivity contribution in [2.75, 3.05) is 0 Å². The first-order valence-electron chi connectivity index (χ1n) is 5.66. The fourth-order valence-corrected chi connectivity index (χ4v) is 2.05. The first kappa shape index (κ1) is 13.5. The van der Waals surface area contributed by atoms with Crippen LogP contribution in [0.25, 0.3) is 10.9 Å². The predicted molar refractivity (Wildman–Crippen MR) is 63.9 cm³/mol. The van der Waals surface area contributed by atoms with Crippen LogP contribution < -0.4 is 0 Å². The Morgan fingerprint density at radius 2 is 2.00 bits per heavy atom. The summed E-state index contributed by atoms with van der Waals surface area (Å²) in [6.07, 6.45) is -4.13. The molecule has 1 aromatic carbocycles. The SMILES string of the molecule is Cn1c(C(F)(F)F)cc2ccc(CCC(=O)O)cc21. The maximum Gasteiger partial charge on any atom is 0.431 e. The largest absolute Gasteiger partial charge is 0.481 e. The second kappa shape index (κ2) is 4.60. The van der Waals surface area contributed by atoms with Crippen LogP contribution in [0, 0.1) is 0 Å². The van der Waals surface area contributed by atoms with E-state index < -0.39 is 17.8 Å². The van der Waals surface area contributed by atoms with Crippen molar-refractivity contribution >= 4 is 16.9 Å². The summed E-state index contributed by atoms with van der Waals surface area (Å²) in [5.41, 5.74) is 0.456. The molecular formula is C13H12F3NO2. The van der Waals surface area contributed by atoms with Crippen molar-refractivity contribution in [1.29, 1.82) is 0 Å². The molecule has 1 heterocycles. The fraction of sp³-hybridized carbons (Fsp3) is 0.308. The van der Waals surface area contributed by atoms with Gasteiger partial charge < -0.3 is 9.67 Å². The Bertz CT molecular complexity index is 629. The van der Waals surface area contributed by atoms with Gasteiger partial charge in [-0.3, -0.25) is 4.79 Å². The molecule has 0 fully saturated rings. The number of carboxylic acid groups (broad SMARTS) is 1. The van der Waals surface area contributed by atoms with Crippen LogP contribution >= 0.6 is 0 Å². The van der Waals surface area contributed by atoms with Crippen molar-refractivity contribution in [3.63, 3.8) is 0 Å². The molecule has 0 saturated heterocycles. The number of fused-ring (bicyclic) bond motifs is 1. The van der Waals surface area contributed by atoms with Gasteiger partial charge in [-0.15, -0.1) is 0 Å². The van der Waals surface area contributed by atoms with Gasteiger partial charge in [0.2, 0.25) is 0 Å². The summed E-state index contributed by atoms with van der Waals surface area (Å²) in [5, 5.41) is 9.09. The summed E-state index contributed by atoms with van der Waals surface area (Å²) in [5.74, 6) is -0.928. The van der Waals surface area contributed by atoms with E-state index in [1.807, 2.05) is 0 Å². The smallest absolute Gasteiger partial charge is 0.431 e. The van der Waals surface area contributed by atoms with Crippen LogP contribution in [0.15, 0.2) is 24.3 Å². The third-order valence-corrected chi connectivity index (χ3v) is 3.03. The standard InChI is InChI=1S/C13H12F3NO2/c1-17-10-6-8(3-5-12(18)19)2-4-9(10)7-11(17)13(14,15)16/h2,4,6-7H,3,5H2,1H3,(H,18,19). The summed E-state index contributed by atoms with van der Waals surface area (Å²) >= 11 is 0. The highest BCUT2D eigenvalue weighted by atomic mass is 19.4. The minimum Gasteiger partial charge on any atom is -0.481 e. The summed E-state index contributed by atoms with van der Waals surface area (Å²) in [6, 6.07) is 5.94. The van der Waals surface area contributed by atoms with Crippen molar-refractivity contribution < 1.29 is 23.1 Å². The highest BCUT2D eigenvalue weighted by molar-refractivity contribution is 5.82. The first-order chi connectivity index (χ1) is 8.79. The summed E-state index contributed by atoms with van der Waals surface area (Å²) < 4.78 is 39.3. The van der Waals surface area contributed by atoms with Crippen molar-refractivity contribution in [1.82, 2.24) is 4.57 Å². The molecule has 3 nitrogen and oxygen atoms in total. The average molecular weight is 271 g/mol. The zero-order valence-corrected chi connectivity index (χ0v) is 10.2. The fourth-order valence-electron chi connectivity index (χ4n) is 2.05. The lowest BCUT2D eigenvalue weighted by molar-refractivity contribution is -0.142. The normalized spacial score (nSPS) is 12.0. The molecule has 0 atom stereocenters. The first-order valence-corrected chi connectivity index (χ1v) is 5.66. The molecule has 2 aromatic rings. The molecule has 19 heavy (non-hydrogen) atoms. The Morgan fingerprint density at radius 3 is 2.58 bits per heavy atom. The quantitative estimate of drug-likeness (QED) is 0.931. The lowest BCUT2D eigenvalue weighted by atomic mass is 10.1. The molecule has 0 aliphatic rings. The van der Waals surface area contributed by atoms with Crippen LogP contribution in [0.3, 0.4) is 0 Å². The molecule has 0 unspecified atom stereocenters. The highest BCUT2D eigenvalue weighted by Gasteiger charge is 2.34. The molecule has 102 valence electrons. The van der Waals surface area contributed by atoms with Crippen LogP contribution in [0.4, 0.5) is 13.2 Å². The molecule has 0 bridgehead atoms. The minimum absolute atomic E-state index is 0.0396. The van der Waals surface area contributed by atoms with Crippen molar-refractivity contribution in [2.24, 2.45) is 7.05 Å². The number of carbonyl (C=O) groups is 1. The number of alkyl halides is 3. The number of hydrogen-bond donors (Lipinski definition) is 1. The molecule has 0 radical (unpaired) electrons. The van der Waals surface area contributed by atoms with E-state index >= 15 is 0 Å². The van der Waals surface area contributed by atoms with Gasteiger partial charge >= 0.3 is 12.1 Å². The van der Waals surface area contributed by atoms with Crippen LogP contribution in [0.1, 0.15) is 17.7 Å². The number of carboxylic acids is 1. The number of hydrogen-bond acceptors (Lipinski definition) is 1. The molecule has 0 aliphatic carbocycles. The number of aromatic nitrogens is 1. The van der Waals surface area contributed by atoms with E-state index in [-0.39, 0.29) is 6.42 Å². The van der Waals surface area contributed by atoms with Gasteiger partial charge in [0.15, 0.2) is 0 Å². The average Bonchev–Trinajstić information content (AvgIpc) is 2.64. The molecule has 1 aromatic heterocycles. The van der Waals surface area contributed by atoms with E-state index in [1.165, 1.54) is 7.05 Å². The van der Waals surface area contributed by atoms with Crippen LogP contribution in [-0.4, -0.2) is 15.6 Å². The third-order valence-electron chi connectivity index (χ3n) is 3.03. The molecule has 0 saturated carbocycles. The van der Waals surface area contributed by atoms with Crippen molar-refractivity contribution in [2.45, 2.75) is 19.0 Å². The number of nitrogens with zero attached hydrogens (tertiary/aromatic N) is 1. The Balaban J connectivity index is 2.43. The van der Waals surface area contributed by atoms with E-state index in [4.69, 9.17) is 5.11 Å². The van der Waals surface area contributed by atoms with Gasteiger partial charge in [0.25, 0.3) is 0 Å². The van der Waals surface area contributed by atoms with Gasteiger partial charge in [0.1, 0.15) is 5.69 Å². The van der Waals surface area contributed by atoms with Gasteiger partial charge in [0.05, 0.1) is 0 Å². The third kappa shape index (κ3) is 2.72. The maximum absolute atomic E-state index is 12.7. The van der Waals surface area contributed by atoms with E-state index in [2.05, 4.69) is 0 Å². The lowest BCUT2D eigenvalue weighted by Crippen LogP contribution is -2.10. The Kier molecular flexibility index (Phi) is 3.26. The molecule has 0 aliphatic heterocycles. The van der Waals surface area contributed by atoms with Crippen LogP contribution in [0.2, 0.25) is 0 Å². The van der Waals surface area contributed by atoms with Gasteiger partial charge in [0, 0.05) is 24.4 Å². The topological polar surface area (TPSA) is 42.2 Å². The van der Waals surface area contributed by atoms with Gasteiger partial charge in [-0.25, -0.2) is 0 Å². The van der Waals surface area contributed by atoms with Gasteiger partial charge in [-0.2, -0.15) is 13.2 Å². The van der Waals surface area contributed by atoms with E-state index in [0.717, 1.165) is 10.6 Å². The second-order valence-corrected chi connectivity index (χ2v) is 4.37. The molecule has 6 heteroatoms. The monoisotopic (exact) mass is 271 g/mol. The number of aryl methyl sites for hydroxylation is 2. The number of benzene rings is 1. The highest BCUT2D eigenvalue weighted by Crippen LogP contribution is 2.33. The summed E-state index contributed by atoms with van der Waals surface area (Å²) in [7, 11) is 1.35. The van der Waals surface area contributed by atoms with Gasteiger partial charge in [-0.1, -0.05) is 12.1 Å². The number of rotatable bonds is 3. The number of halogens is 3. The molecule has 0 spiro atoms. The van der Waals surface area contributed by atoms with Crippen molar-refractivity contribution in [3.8, 4) is 0 Å². The molecule has 1 N–H and O–H groups in total. The summed E-state index contributed by atoms with van der Waals surface area (Å²) in [6.45, 7) is 0.